The van der Waals surface area contributed by atoms with Crippen LogP contribution in [0.1, 0.15) is 43.9 Å². The van der Waals surface area contributed by atoms with Gasteiger partial charge in [0.05, 0.1) is 5.69 Å². The molecule has 0 saturated heterocycles. The molecule has 1 aliphatic rings. The Bertz CT molecular complexity index is 1590. The molecule has 1 aromatic carbocycles. The van der Waals surface area contributed by atoms with E-state index in [1.807, 2.05) is 13.8 Å². The van der Waals surface area contributed by atoms with Gasteiger partial charge in [0, 0.05) is 20.1 Å². The first-order valence-electron chi connectivity index (χ1n) is 11.8. The van der Waals surface area contributed by atoms with Crippen molar-refractivity contribution in [3.63, 3.8) is 0 Å². The van der Waals surface area contributed by atoms with E-state index in [4.69, 9.17) is 15.2 Å². The summed E-state index contributed by atoms with van der Waals surface area (Å²) >= 11 is 0. The highest BCUT2D eigenvalue weighted by Gasteiger charge is 2.28. The Balaban J connectivity index is 1.62. The Morgan fingerprint density at radius 1 is 1.11 bits per heavy atom. The highest BCUT2D eigenvalue weighted by molar-refractivity contribution is 5.86. The van der Waals surface area contributed by atoms with Crippen molar-refractivity contribution in [2.45, 2.75) is 45.7 Å². The third-order valence-corrected chi connectivity index (χ3v) is 6.21. The number of ether oxygens (including phenoxy) is 2. The van der Waals surface area contributed by atoms with Gasteiger partial charge in [0.25, 0.3) is 5.56 Å². The molecular formula is C24H27N7O5. The van der Waals surface area contributed by atoms with Gasteiger partial charge in [0.15, 0.2) is 23.0 Å². The predicted octanol–water partition coefficient (Wildman–Crippen LogP) is 1.45. The lowest BCUT2D eigenvalue weighted by Crippen LogP contribution is -2.40. The number of fused-ring (bicyclic) bond motifs is 2. The number of aryl methyl sites for hydroxylation is 2. The van der Waals surface area contributed by atoms with E-state index in [1.54, 1.807) is 36.0 Å². The number of carbonyl (C=O) groups excluding carboxylic acids is 1. The van der Waals surface area contributed by atoms with Crippen molar-refractivity contribution in [2.75, 3.05) is 6.79 Å². The maximum Gasteiger partial charge on any atom is 0.332 e. The molecule has 5 rings (SSSR count). The van der Waals surface area contributed by atoms with Gasteiger partial charge in [0.1, 0.15) is 17.1 Å². The lowest BCUT2D eigenvalue weighted by Gasteiger charge is -2.11. The molecule has 3 N–H and O–H groups in total. The maximum atomic E-state index is 13.1. The summed E-state index contributed by atoms with van der Waals surface area (Å²) in [6.07, 6.45) is 1.35. The maximum absolute atomic E-state index is 13.1. The number of amides is 1. The van der Waals surface area contributed by atoms with Gasteiger partial charge in [-0.3, -0.25) is 23.4 Å². The molecule has 0 spiro atoms. The zero-order valence-electron chi connectivity index (χ0n) is 20.3. The molecule has 12 nitrogen and oxygen atoms in total. The summed E-state index contributed by atoms with van der Waals surface area (Å²) in [6.45, 7) is 4.72. The summed E-state index contributed by atoms with van der Waals surface area (Å²) in [6, 6.07) is 6.89. The number of H-pyrrole nitrogens is 1. The Kier molecular flexibility index (Phi) is 5.86. The van der Waals surface area contributed by atoms with Crippen molar-refractivity contribution in [1.29, 1.82) is 0 Å². The summed E-state index contributed by atoms with van der Waals surface area (Å²) < 4.78 is 15.1. The second-order valence-corrected chi connectivity index (χ2v) is 8.70. The molecule has 0 radical (unpaired) electrons. The molecule has 0 aliphatic carbocycles. The van der Waals surface area contributed by atoms with E-state index in [0.29, 0.717) is 65.9 Å². The predicted molar refractivity (Wildman–Crippen MR) is 131 cm³/mol. The highest BCUT2D eigenvalue weighted by atomic mass is 16.7. The summed E-state index contributed by atoms with van der Waals surface area (Å²) in [5, 5.41) is 4.53. The molecule has 0 fully saturated rings. The van der Waals surface area contributed by atoms with Crippen LogP contribution in [-0.2, 0) is 24.9 Å². The third-order valence-electron chi connectivity index (χ3n) is 6.21. The summed E-state index contributed by atoms with van der Waals surface area (Å²) in [5.41, 5.74) is 7.07. The SMILES string of the molecule is CCCn1c(=O)c2[nH]c(-c3cc(C(C(N)=O)c4ccc5c(c4)OCO5)nn3C)nc2n(CCC)c1=O. The number of benzene rings is 1. The van der Waals surface area contributed by atoms with Gasteiger partial charge in [-0.1, -0.05) is 19.9 Å². The Hall–Kier alpha value is -4.35. The average molecular weight is 494 g/mol. The number of hydrogen-bond donors (Lipinski definition) is 2. The molecule has 1 aliphatic heterocycles. The zero-order chi connectivity index (χ0) is 25.6. The summed E-state index contributed by atoms with van der Waals surface area (Å²) in [7, 11) is 1.71. The van der Waals surface area contributed by atoms with Gasteiger partial charge in [0.2, 0.25) is 12.7 Å². The van der Waals surface area contributed by atoms with Crippen molar-refractivity contribution in [3.8, 4) is 23.0 Å². The number of carbonyl (C=O) groups is 1. The van der Waals surface area contributed by atoms with E-state index in [9.17, 15) is 14.4 Å². The number of hydrogen-bond acceptors (Lipinski definition) is 7. The van der Waals surface area contributed by atoms with Gasteiger partial charge in [-0.2, -0.15) is 5.10 Å². The van der Waals surface area contributed by atoms with Crippen LogP contribution in [0.25, 0.3) is 22.7 Å². The standard InChI is InChI=1S/C24H27N7O5/c1-4-8-30-22-19(23(33)31(9-5-2)24(30)34)26-21(27-22)15-11-14(28-29(15)3)18(20(25)32)13-6-7-16-17(10-13)36-12-35-16/h6-7,10-11,18H,4-5,8-9,12H2,1-3H3,(H2,25,32)(H,26,27). The van der Waals surface area contributed by atoms with Crippen LogP contribution in [0.3, 0.4) is 0 Å². The lowest BCUT2D eigenvalue weighted by molar-refractivity contribution is -0.118. The average Bonchev–Trinajstić information content (AvgIpc) is 3.57. The number of primary amides is 1. The minimum Gasteiger partial charge on any atom is -0.454 e. The van der Waals surface area contributed by atoms with Gasteiger partial charge in [-0.05, 0) is 36.6 Å². The van der Waals surface area contributed by atoms with Crippen molar-refractivity contribution in [1.82, 2.24) is 28.9 Å². The molecule has 4 heterocycles. The second kappa shape index (κ2) is 9.02. The van der Waals surface area contributed by atoms with Crippen molar-refractivity contribution >= 4 is 17.1 Å². The lowest BCUT2D eigenvalue weighted by atomic mass is 9.94. The van der Waals surface area contributed by atoms with Crippen molar-refractivity contribution < 1.29 is 14.3 Å². The molecule has 0 bridgehead atoms. The molecule has 12 heteroatoms. The molecule has 1 unspecified atom stereocenters. The van der Waals surface area contributed by atoms with Crippen LogP contribution in [0.5, 0.6) is 11.5 Å². The normalized spacial score (nSPS) is 13.4. The monoisotopic (exact) mass is 493 g/mol. The number of nitrogens with zero attached hydrogens (tertiary/aromatic N) is 5. The number of nitrogens with one attached hydrogen (secondary N) is 1. The van der Waals surface area contributed by atoms with Gasteiger partial charge >= 0.3 is 5.69 Å². The number of rotatable bonds is 8. The fourth-order valence-corrected chi connectivity index (χ4v) is 4.56. The van der Waals surface area contributed by atoms with E-state index < -0.39 is 17.4 Å². The first-order chi connectivity index (χ1) is 17.3. The topological polar surface area (TPSA) is 152 Å². The molecule has 188 valence electrons. The van der Waals surface area contributed by atoms with E-state index in [2.05, 4.69) is 15.1 Å². The summed E-state index contributed by atoms with van der Waals surface area (Å²) in [5.74, 6) is 0.0595. The zero-order valence-corrected chi connectivity index (χ0v) is 20.3. The fraction of sp³-hybridized carbons (Fsp3) is 0.375. The second-order valence-electron chi connectivity index (χ2n) is 8.70. The van der Waals surface area contributed by atoms with Crippen molar-refractivity contribution in [2.24, 2.45) is 12.8 Å². The van der Waals surface area contributed by atoms with Crippen LogP contribution < -0.4 is 26.5 Å². The molecule has 36 heavy (non-hydrogen) atoms. The van der Waals surface area contributed by atoms with Crippen LogP contribution in [0, 0.1) is 0 Å². The van der Waals surface area contributed by atoms with E-state index >= 15 is 0 Å². The van der Waals surface area contributed by atoms with Gasteiger partial charge in [-0.15, -0.1) is 0 Å². The third kappa shape index (κ3) is 3.74. The quantitative estimate of drug-likeness (QED) is 0.377. The minimum absolute atomic E-state index is 0.114. The van der Waals surface area contributed by atoms with Crippen LogP contribution in [0.15, 0.2) is 33.9 Å². The van der Waals surface area contributed by atoms with E-state index in [0.717, 1.165) is 0 Å². The number of aromatic amines is 1. The molecular weight excluding hydrogens is 466 g/mol. The number of imidazole rings is 1. The molecule has 0 saturated carbocycles. The Labute approximate surface area is 205 Å². The number of aromatic nitrogens is 6. The van der Waals surface area contributed by atoms with Gasteiger partial charge in [-0.25, -0.2) is 9.78 Å². The van der Waals surface area contributed by atoms with Crippen LogP contribution >= 0.6 is 0 Å². The van der Waals surface area contributed by atoms with E-state index in [-0.39, 0.29) is 18.0 Å². The number of nitrogens with two attached hydrogens (primary N) is 1. The summed E-state index contributed by atoms with van der Waals surface area (Å²) in [4.78, 5) is 46.2. The first kappa shape index (κ1) is 23.4. The Morgan fingerprint density at radius 3 is 2.56 bits per heavy atom. The minimum atomic E-state index is -0.844. The Morgan fingerprint density at radius 2 is 1.83 bits per heavy atom. The van der Waals surface area contributed by atoms with Crippen LogP contribution in [0.2, 0.25) is 0 Å². The van der Waals surface area contributed by atoms with E-state index in [1.165, 1.54) is 9.13 Å². The molecule has 1 atom stereocenters. The molecule has 4 aromatic rings. The van der Waals surface area contributed by atoms with Crippen molar-refractivity contribution in [3.05, 3.63) is 56.4 Å². The molecule has 1 amide bonds. The first-order valence-corrected chi connectivity index (χ1v) is 11.8. The van der Waals surface area contributed by atoms with Crippen LogP contribution in [0.4, 0.5) is 0 Å². The smallest absolute Gasteiger partial charge is 0.332 e. The fourth-order valence-electron chi connectivity index (χ4n) is 4.56. The highest BCUT2D eigenvalue weighted by Crippen LogP contribution is 2.36. The molecule has 3 aromatic heterocycles. The van der Waals surface area contributed by atoms with Gasteiger partial charge < -0.3 is 20.2 Å². The largest absolute Gasteiger partial charge is 0.454 e. The van der Waals surface area contributed by atoms with Crippen LogP contribution in [-0.4, -0.2) is 41.6 Å².